The Morgan fingerprint density at radius 3 is 2.80 bits per heavy atom. The van der Waals surface area contributed by atoms with E-state index in [1.54, 1.807) is 0 Å². The summed E-state index contributed by atoms with van der Waals surface area (Å²) >= 11 is 3.45. The van der Waals surface area contributed by atoms with E-state index >= 15 is 0 Å². The van der Waals surface area contributed by atoms with Gasteiger partial charge >= 0.3 is 0 Å². The molecule has 0 unspecified atom stereocenters. The zero-order chi connectivity index (χ0) is 14.1. The van der Waals surface area contributed by atoms with Crippen molar-refractivity contribution in [1.82, 2.24) is 4.57 Å². The maximum Gasteiger partial charge on any atom is 0.123 e. The van der Waals surface area contributed by atoms with Crippen LogP contribution in [0.3, 0.4) is 0 Å². The molecule has 3 aromatic rings. The molecule has 0 aliphatic heterocycles. The van der Waals surface area contributed by atoms with Gasteiger partial charge in [0.15, 0.2) is 0 Å². The SMILES string of the molecule is N#Cc1ccc(F)cc1Cn1ccc2ccc(Br)cc21. The van der Waals surface area contributed by atoms with Crippen LogP contribution in [0.25, 0.3) is 10.9 Å². The molecule has 1 heterocycles. The molecule has 0 radical (unpaired) electrons. The summed E-state index contributed by atoms with van der Waals surface area (Å²) < 4.78 is 16.4. The number of nitrogens with zero attached hydrogens (tertiary/aromatic N) is 2. The average molecular weight is 329 g/mol. The van der Waals surface area contributed by atoms with Gasteiger partial charge in [0.1, 0.15) is 5.82 Å². The van der Waals surface area contributed by atoms with Crippen molar-refractivity contribution >= 4 is 26.8 Å². The molecule has 0 N–H and O–H groups in total. The van der Waals surface area contributed by atoms with Crippen LogP contribution in [-0.4, -0.2) is 4.57 Å². The molecule has 0 aliphatic rings. The molecule has 2 aromatic carbocycles. The fourth-order valence-corrected chi connectivity index (χ4v) is 2.63. The van der Waals surface area contributed by atoms with Gasteiger partial charge in [0.05, 0.1) is 11.6 Å². The van der Waals surface area contributed by atoms with Crippen LogP contribution in [0.5, 0.6) is 0 Å². The summed E-state index contributed by atoms with van der Waals surface area (Å²) in [7, 11) is 0. The predicted octanol–water partition coefficient (Wildman–Crippen LogP) is 4.46. The van der Waals surface area contributed by atoms with Crippen LogP contribution in [0.15, 0.2) is 53.1 Å². The first-order chi connectivity index (χ1) is 9.67. The van der Waals surface area contributed by atoms with E-state index < -0.39 is 0 Å². The Bertz CT molecular complexity index is 830. The molecule has 0 fully saturated rings. The molecular formula is C16H10BrFN2. The first kappa shape index (κ1) is 12.9. The van der Waals surface area contributed by atoms with Gasteiger partial charge in [-0.05, 0) is 47.3 Å². The second-order valence-corrected chi connectivity index (χ2v) is 5.48. The van der Waals surface area contributed by atoms with Crippen molar-refractivity contribution in [3.8, 4) is 6.07 Å². The monoisotopic (exact) mass is 328 g/mol. The van der Waals surface area contributed by atoms with Crippen molar-refractivity contribution in [2.75, 3.05) is 0 Å². The summed E-state index contributed by atoms with van der Waals surface area (Å²) in [5, 5.41) is 10.2. The van der Waals surface area contributed by atoms with Crippen LogP contribution in [-0.2, 0) is 6.54 Å². The Hall–Kier alpha value is -2.12. The molecule has 20 heavy (non-hydrogen) atoms. The second-order valence-electron chi connectivity index (χ2n) is 4.56. The van der Waals surface area contributed by atoms with E-state index in [-0.39, 0.29) is 5.82 Å². The zero-order valence-corrected chi connectivity index (χ0v) is 12.1. The van der Waals surface area contributed by atoms with Crippen molar-refractivity contribution < 1.29 is 4.39 Å². The lowest BCUT2D eigenvalue weighted by atomic mass is 10.1. The minimum atomic E-state index is -0.323. The Balaban J connectivity index is 2.08. The summed E-state index contributed by atoms with van der Waals surface area (Å²) in [5.41, 5.74) is 2.24. The van der Waals surface area contributed by atoms with E-state index in [1.807, 2.05) is 35.0 Å². The summed E-state index contributed by atoms with van der Waals surface area (Å²) in [4.78, 5) is 0. The quantitative estimate of drug-likeness (QED) is 0.682. The van der Waals surface area contributed by atoms with Crippen LogP contribution >= 0.6 is 15.9 Å². The number of rotatable bonds is 2. The molecule has 4 heteroatoms. The summed E-state index contributed by atoms with van der Waals surface area (Å²) in [6, 6.07) is 14.4. The molecule has 3 rings (SSSR count). The fourth-order valence-electron chi connectivity index (χ4n) is 2.28. The van der Waals surface area contributed by atoms with Gasteiger partial charge in [0, 0.05) is 22.7 Å². The summed E-state index contributed by atoms with van der Waals surface area (Å²) in [6.07, 6.45) is 1.95. The number of benzene rings is 2. The number of halogens is 2. The van der Waals surface area contributed by atoms with Gasteiger partial charge in [-0.2, -0.15) is 5.26 Å². The third-order valence-electron chi connectivity index (χ3n) is 3.26. The normalized spacial score (nSPS) is 10.7. The van der Waals surface area contributed by atoms with Crippen molar-refractivity contribution in [2.45, 2.75) is 6.54 Å². The van der Waals surface area contributed by atoms with E-state index in [2.05, 4.69) is 22.0 Å². The second kappa shape index (κ2) is 5.10. The number of nitriles is 1. The van der Waals surface area contributed by atoms with E-state index in [0.29, 0.717) is 17.7 Å². The number of fused-ring (bicyclic) bond motifs is 1. The molecule has 0 spiro atoms. The van der Waals surface area contributed by atoms with E-state index in [0.717, 1.165) is 15.4 Å². The third kappa shape index (κ3) is 2.33. The highest BCUT2D eigenvalue weighted by Crippen LogP contribution is 2.22. The lowest BCUT2D eigenvalue weighted by Gasteiger charge is -2.08. The van der Waals surface area contributed by atoms with Crippen LogP contribution in [0, 0.1) is 17.1 Å². The molecule has 0 saturated heterocycles. The van der Waals surface area contributed by atoms with Crippen LogP contribution < -0.4 is 0 Å². The van der Waals surface area contributed by atoms with Gasteiger partial charge in [-0.1, -0.05) is 22.0 Å². The average Bonchev–Trinajstić information content (AvgIpc) is 2.82. The number of aromatic nitrogens is 1. The minimum absolute atomic E-state index is 0.323. The Morgan fingerprint density at radius 1 is 1.15 bits per heavy atom. The van der Waals surface area contributed by atoms with Gasteiger partial charge in [-0.3, -0.25) is 0 Å². The summed E-state index contributed by atoms with van der Waals surface area (Å²) in [5.74, 6) is -0.323. The Labute approximate surface area is 124 Å². The van der Waals surface area contributed by atoms with Crippen molar-refractivity contribution in [3.05, 3.63) is 70.1 Å². The van der Waals surface area contributed by atoms with Gasteiger partial charge < -0.3 is 4.57 Å². The standard InChI is InChI=1S/C16H10BrFN2/c17-14-3-1-11-5-6-20(16(11)8-14)10-13-7-15(18)4-2-12(13)9-19/h1-8H,10H2. The molecular weight excluding hydrogens is 319 g/mol. The van der Waals surface area contributed by atoms with Crippen molar-refractivity contribution in [1.29, 1.82) is 5.26 Å². The fraction of sp³-hybridized carbons (Fsp3) is 0.0625. The maximum atomic E-state index is 13.4. The largest absolute Gasteiger partial charge is 0.343 e. The lowest BCUT2D eigenvalue weighted by molar-refractivity contribution is 0.623. The molecule has 98 valence electrons. The van der Waals surface area contributed by atoms with Crippen molar-refractivity contribution in [2.24, 2.45) is 0 Å². The summed E-state index contributed by atoms with van der Waals surface area (Å²) in [6.45, 7) is 0.473. The number of hydrogen-bond acceptors (Lipinski definition) is 1. The van der Waals surface area contributed by atoms with Gasteiger partial charge in [0.25, 0.3) is 0 Å². The molecule has 0 bridgehead atoms. The van der Waals surface area contributed by atoms with Crippen LogP contribution in [0.2, 0.25) is 0 Å². The van der Waals surface area contributed by atoms with Crippen LogP contribution in [0.4, 0.5) is 4.39 Å². The third-order valence-corrected chi connectivity index (χ3v) is 3.76. The van der Waals surface area contributed by atoms with E-state index in [4.69, 9.17) is 5.26 Å². The lowest BCUT2D eigenvalue weighted by Crippen LogP contribution is -2.01. The topological polar surface area (TPSA) is 28.7 Å². The highest BCUT2D eigenvalue weighted by molar-refractivity contribution is 9.10. The molecule has 1 aromatic heterocycles. The maximum absolute atomic E-state index is 13.4. The predicted molar refractivity (Wildman–Crippen MR) is 79.9 cm³/mol. The van der Waals surface area contributed by atoms with Gasteiger partial charge in [-0.15, -0.1) is 0 Å². The molecule has 0 atom stereocenters. The molecule has 0 amide bonds. The first-order valence-electron chi connectivity index (χ1n) is 6.10. The number of hydrogen-bond donors (Lipinski definition) is 0. The van der Waals surface area contributed by atoms with Gasteiger partial charge in [-0.25, -0.2) is 4.39 Å². The first-order valence-corrected chi connectivity index (χ1v) is 6.89. The van der Waals surface area contributed by atoms with Crippen molar-refractivity contribution in [3.63, 3.8) is 0 Å². The molecule has 0 saturated carbocycles. The Morgan fingerprint density at radius 2 is 2.00 bits per heavy atom. The van der Waals surface area contributed by atoms with Gasteiger partial charge in [0.2, 0.25) is 0 Å². The molecule has 2 nitrogen and oxygen atoms in total. The zero-order valence-electron chi connectivity index (χ0n) is 10.5. The smallest absolute Gasteiger partial charge is 0.123 e. The minimum Gasteiger partial charge on any atom is -0.343 e. The molecule has 0 aliphatic carbocycles. The Kier molecular flexibility index (Phi) is 3.29. The van der Waals surface area contributed by atoms with Crippen LogP contribution in [0.1, 0.15) is 11.1 Å². The van der Waals surface area contributed by atoms with E-state index in [1.165, 1.54) is 18.2 Å². The highest BCUT2D eigenvalue weighted by Gasteiger charge is 2.07. The van der Waals surface area contributed by atoms with E-state index in [9.17, 15) is 4.39 Å². The highest BCUT2D eigenvalue weighted by atomic mass is 79.9.